The van der Waals surface area contributed by atoms with E-state index >= 15 is 0 Å². The third kappa shape index (κ3) is 7.15. The maximum Gasteiger partial charge on any atom is 0.142 e. The predicted molar refractivity (Wildman–Crippen MR) is 157 cm³/mol. The molecule has 194 valence electrons. The van der Waals surface area contributed by atoms with Crippen LogP contribution < -0.4 is 9.47 Å². The summed E-state index contributed by atoms with van der Waals surface area (Å²) in [6.45, 7) is 8.93. The fraction of sp³-hybridized carbons (Fsp3) is 0.471. The highest BCUT2D eigenvalue weighted by atomic mass is 16.5. The maximum atomic E-state index is 6.46. The van der Waals surface area contributed by atoms with Crippen LogP contribution in [0.2, 0.25) is 0 Å². The van der Waals surface area contributed by atoms with Gasteiger partial charge in [-0.3, -0.25) is 0 Å². The minimum absolute atomic E-state index is 0.945. The van der Waals surface area contributed by atoms with Crippen molar-refractivity contribution in [3.63, 3.8) is 0 Å². The van der Waals surface area contributed by atoms with Crippen molar-refractivity contribution in [2.45, 2.75) is 105 Å². The number of hydrogen-bond donors (Lipinski definition) is 0. The van der Waals surface area contributed by atoms with Crippen molar-refractivity contribution in [3.05, 3.63) is 72.2 Å². The third-order valence-electron chi connectivity index (χ3n) is 7.02. The Morgan fingerprint density at radius 2 is 1.00 bits per heavy atom. The number of hydrogen-bond acceptors (Lipinski definition) is 2. The van der Waals surface area contributed by atoms with Crippen molar-refractivity contribution in [2.75, 3.05) is 0 Å². The van der Waals surface area contributed by atoms with Crippen LogP contribution in [0.5, 0.6) is 11.5 Å². The molecule has 0 amide bonds. The Morgan fingerprint density at radius 1 is 0.556 bits per heavy atom. The first kappa shape index (κ1) is 27.8. The Balaban J connectivity index is 2.03. The summed E-state index contributed by atoms with van der Waals surface area (Å²) in [6, 6.07) is 13.1. The van der Waals surface area contributed by atoms with Crippen LogP contribution in [0.3, 0.4) is 0 Å². The lowest BCUT2D eigenvalue weighted by Crippen LogP contribution is -1.97. The van der Waals surface area contributed by atoms with Crippen molar-refractivity contribution in [1.82, 2.24) is 0 Å². The highest BCUT2D eigenvalue weighted by Gasteiger charge is 2.19. The van der Waals surface area contributed by atoms with E-state index < -0.39 is 0 Å². The Morgan fingerprint density at radius 3 is 1.39 bits per heavy atom. The second-order valence-electron chi connectivity index (χ2n) is 9.72. The lowest BCUT2D eigenvalue weighted by atomic mass is 9.93. The van der Waals surface area contributed by atoms with Crippen molar-refractivity contribution in [1.29, 1.82) is 0 Å². The lowest BCUT2D eigenvalue weighted by molar-refractivity contribution is 0.480. The number of ether oxygens (including phenoxy) is 2. The van der Waals surface area contributed by atoms with Crippen LogP contribution >= 0.6 is 0 Å². The van der Waals surface area contributed by atoms with Gasteiger partial charge in [0.2, 0.25) is 0 Å². The molecular formula is C34H46O2. The van der Waals surface area contributed by atoms with E-state index in [1.54, 1.807) is 0 Å². The van der Waals surface area contributed by atoms with Crippen LogP contribution in [0, 0.1) is 0 Å². The fourth-order valence-corrected chi connectivity index (χ4v) is 4.96. The molecule has 0 aromatic heterocycles. The summed E-state index contributed by atoms with van der Waals surface area (Å²) in [7, 11) is 0. The molecule has 0 saturated carbocycles. The van der Waals surface area contributed by atoms with Crippen LogP contribution in [0.25, 0.3) is 21.5 Å². The minimum Gasteiger partial charge on any atom is -0.464 e. The molecule has 36 heavy (non-hydrogen) atoms. The molecule has 0 saturated heterocycles. The number of benzene rings is 3. The van der Waals surface area contributed by atoms with Crippen LogP contribution in [0.4, 0.5) is 0 Å². The molecule has 2 heteroatoms. The number of unbranched alkanes of at least 4 members (excludes halogenated alkanes) is 8. The number of rotatable bonds is 16. The summed E-state index contributed by atoms with van der Waals surface area (Å²) >= 11 is 0. The Bertz CT molecular complexity index is 1050. The molecule has 0 atom stereocenters. The summed E-state index contributed by atoms with van der Waals surface area (Å²) in [5, 5.41) is 4.60. The van der Waals surface area contributed by atoms with Gasteiger partial charge < -0.3 is 9.47 Å². The Hall–Kier alpha value is -2.74. The Kier molecular flexibility index (Phi) is 11.9. The second-order valence-corrected chi connectivity index (χ2v) is 9.72. The zero-order chi connectivity index (χ0) is 25.6. The largest absolute Gasteiger partial charge is 0.464 e. The predicted octanol–water partition coefficient (Wildman–Crippen LogP) is 10.8. The smallest absolute Gasteiger partial charge is 0.142 e. The van der Waals surface area contributed by atoms with Crippen molar-refractivity contribution < 1.29 is 9.47 Å². The van der Waals surface area contributed by atoms with Gasteiger partial charge in [-0.15, -0.1) is 0 Å². The number of aryl methyl sites for hydroxylation is 2. The highest BCUT2D eigenvalue weighted by Crippen LogP contribution is 2.46. The van der Waals surface area contributed by atoms with Gasteiger partial charge in [0.05, 0.1) is 12.5 Å². The van der Waals surface area contributed by atoms with Gasteiger partial charge in [-0.2, -0.15) is 0 Å². The van der Waals surface area contributed by atoms with Gasteiger partial charge in [0, 0.05) is 21.5 Å². The molecule has 0 heterocycles. The molecule has 0 aliphatic rings. The van der Waals surface area contributed by atoms with Crippen LogP contribution in [0.15, 0.2) is 61.1 Å². The molecule has 0 aliphatic carbocycles. The average Bonchev–Trinajstić information content (AvgIpc) is 2.91. The van der Waals surface area contributed by atoms with Gasteiger partial charge in [0.1, 0.15) is 11.5 Å². The molecule has 0 spiro atoms. The van der Waals surface area contributed by atoms with Gasteiger partial charge in [-0.05, 0) is 61.8 Å². The van der Waals surface area contributed by atoms with Gasteiger partial charge in [-0.1, -0.05) is 103 Å². The molecule has 3 rings (SSSR count). The molecule has 0 N–H and O–H groups in total. The normalized spacial score (nSPS) is 11.9. The molecule has 0 bridgehead atoms. The summed E-state index contributed by atoms with van der Waals surface area (Å²) < 4.78 is 12.9. The van der Waals surface area contributed by atoms with E-state index in [1.165, 1.54) is 73.3 Å². The molecule has 0 unspecified atom stereocenters. The zero-order valence-corrected chi connectivity index (χ0v) is 23.1. The summed E-state index contributed by atoms with van der Waals surface area (Å²) in [5.41, 5.74) is 2.58. The monoisotopic (exact) mass is 486 g/mol. The van der Waals surface area contributed by atoms with Crippen LogP contribution in [-0.4, -0.2) is 0 Å². The molecule has 0 fully saturated rings. The molecule has 0 aliphatic heterocycles. The van der Waals surface area contributed by atoms with Gasteiger partial charge in [-0.25, -0.2) is 0 Å². The van der Waals surface area contributed by atoms with Crippen LogP contribution in [0.1, 0.15) is 103 Å². The van der Waals surface area contributed by atoms with Gasteiger partial charge in [0.15, 0.2) is 0 Å². The van der Waals surface area contributed by atoms with E-state index in [0.29, 0.717) is 0 Å². The number of allylic oxidation sites excluding steroid dienone is 2. The standard InChI is InChI=1S/C34H46O2/c1-5-9-11-13-15-17-25-35-33-29-23-19-22-28(8-4)32(29)34(36-26-18-16-14-12-10-6-2)30-24-20-21-27(7-3)31(30)33/h17-26H,5-16H2,1-4H3/b25-17-,26-18-. The third-order valence-corrected chi connectivity index (χ3v) is 7.02. The quantitative estimate of drug-likeness (QED) is 0.114. The van der Waals surface area contributed by atoms with E-state index in [1.807, 2.05) is 12.5 Å². The van der Waals surface area contributed by atoms with Gasteiger partial charge in [0.25, 0.3) is 0 Å². The number of fused-ring (bicyclic) bond motifs is 2. The molecule has 3 aromatic rings. The van der Waals surface area contributed by atoms with E-state index in [9.17, 15) is 0 Å². The molecule has 3 aromatic carbocycles. The fourth-order valence-electron chi connectivity index (χ4n) is 4.96. The minimum atomic E-state index is 0.945. The topological polar surface area (TPSA) is 18.5 Å². The van der Waals surface area contributed by atoms with Crippen molar-refractivity contribution in [2.24, 2.45) is 0 Å². The first-order chi connectivity index (χ1) is 17.8. The first-order valence-corrected chi connectivity index (χ1v) is 14.4. The first-order valence-electron chi connectivity index (χ1n) is 14.4. The SMILES string of the molecule is CCCCCC/C=C\Oc1c2cccc(CC)c2c(O/C=C\CCCCCC)c2cccc(CC)c12. The van der Waals surface area contributed by atoms with Crippen molar-refractivity contribution in [3.8, 4) is 11.5 Å². The molecular weight excluding hydrogens is 440 g/mol. The molecule has 2 nitrogen and oxygen atoms in total. The highest BCUT2D eigenvalue weighted by molar-refractivity contribution is 6.13. The zero-order valence-electron chi connectivity index (χ0n) is 23.1. The summed E-state index contributed by atoms with van der Waals surface area (Å²) in [6.07, 6.45) is 22.3. The van der Waals surface area contributed by atoms with Gasteiger partial charge >= 0.3 is 0 Å². The van der Waals surface area contributed by atoms with E-state index in [4.69, 9.17) is 9.47 Å². The van der Waals surface area contributed by atoms with E-state index in [0.717, 1.165) is 48.0 Å². The van der Waals surface area contributed by atoms with Crippen molar-refractivity contribution >= 4 is 21.5 Å². The van der Waals surface area contributed by atoms with Crippen LogP contribution in [-0.2, 0) is 12.8 Å². The summed E-state index contributed by atoms with van der Waals surface area (Å²) in [5.74, 6) is 1.90. The Labute approximate surface area is 219 Å². The van der Waals surface area contributed by atoms with E-state index in [-0.39, 0.29) is 0 Å². The average molecular weight is 487 g/mol. The summed E-state index contributed by atoms with van der Waals surface area (Å²) in [4.78, 5) is 0. The van der Waals surface area contributed by atoms with E-state index in [2.05, 4.69) is 76.2 Å². The second kappa shape index (κ2) is 15.4. The maximum absolute atomic E-state index is 6.46. The molecule has 0 radical (unpaired) electrons. The lowest BCUT2D eigenvalue weighted by Gasteiger charge is -2.19.